The van der Waals surface area contributed by atoms with Crippen LogP contribution in [0.2, 0.25) is 0 Å². The van der Waals surface area contributed by atoms with E-state index in [2.05, 4.69) is 10.1 Å². The minimum atomic E-state index is -0.568. The molecule has 0 aliphatic carbocycles. The van der Waals surface area contributed by atoms with Gasteiger partial charge < -0.3 is 15.8 Å². The van der Waals surface area contributed by atoms with Gasteiger partial charge in [-0.25, -0.2) is 4.79 Å². The zero-order chi connectivity index (χ0) is 15.3. The monoisotopic (exact) mass is 278 g/mol. The maximum Gasteiger partial charge on any atom is 0.337 e. The highest BCUT2D eigenvalue weighted by atomic mass is 16.5. The second-order valence-corrected chi connectivity index (χ2v) is 4.92. The summed E-state index contributed by atoms with van der Waals surface area (Å²) in [5.41, 5.74) is 7.73. The molecule has 0 spiro atoms. The summed E-state index contributed by atoms with van der Waals surface area (Å²) >= 11 is 0. The summed E-state index contributed by atoms with van der Waals surface area (Å²) in [6, 6.07) is 4.45. The van der Waals surface area contributed by atoms with Crippen LogP contribution in [0.3, 0.4) is 0 Å². The van der Waals surface area contributed by atoms with Gasteiger partial charge in [0.25, 0.3) is 0 Å². The SMILES string of the molecule is CCC(C)C(N)C(=O)Nc1cc(C(=O)OC)ccc1C. The van der Waals surface area contributed by atoms with Crippen LogP contribution in [-0.4, -0.2) is 25.0 Å². The number of anilines is 1. The minimum absolute atomic E-state index is 0.0964. The van der Waals surface area contributed by atoms with E-state index >= 15 is 0 Å². The van der Waals surface area contributed by atoms with Gasteiger partial charge in [-0.2, -0.15) is 0 Å². The summed E-state index contributed by atoms with van der Waals surface area (Å²) in [5, 5.41) is 2.77. The van der Waals surface area contributed by atoms with Gasteiger partial charge in [0.05, 0.1) is 18.7 Å². The molecule has 0 radical (unpaired) electrons. The molecule has 0 bridgehead atoms. The highest BCUT2D eigenvalue weighted by molar-refractivity contribution is 5.97. The van der Waals surface area contributed by atoms with Gasteiger partial charge in [-0.3, -0.25) is 4.79 Å². The molecule has 1 aromatic rings. The number of carbonyl (C=O) groups is 2. The highest BCUT2D eigenvalue weighted by Gasteiger charge is 2.20. The molecule has 0 aromatic heterocycles. The Balaban J connectivity index is 2.91. The molecule has 1 amide bonds. The number of methoxy groups -OCH3 is 1. The summed E-state index contributed by atoms with van der Waals surface area (Å²) in [5.74, 6) is -0.588. The summed E-state index contributed by atoms with van der Waals surface area (Å²) < 4.78 is 4.66. The standard InChI is InChI=1S/C15H22N2O3/c1-5-9(2)13(16)14(18)17-12-8-11(15(19)20-4)7-6-10(12)3/h6-9,13H,5,16H2,1-4H3,(H,17,18). The van der Waals surface area contributed by atoms with Crippen LogP contribution in [0, 0.1) is 12.8 Å². The average molecular weight is 278 g/mol. The third-order valence-corrected chi connectivity index (χ3v) is 3.48. The number of hydrogen-bond acceptors (Lipinski definition) is 4. The molecule has 0 aliphatic heterocycles. The van der Waals surface area contributed by atoms with Gasteiger partial charge in [-0.1, -0.05) is 26.3 Å². The first-order chi connectivity index (χ1) is 9.40. The third kappa shape index (κ3) is 3.81. The van der Waals surface area contributed by atoms with Crippen molar-refractivity contribution in [1.82, 2.24) is 0 Å². The van der Waals surface area contributed by atoms with E-state index in [0.717, 1.165) is 12.0 Å². The van der Waals surface area contributed by atoms with Gasteiger partial charge in [0.15, 0.2) is 0 Å². The van der Waals surface area contributed by atoms with E-state index in [9.17, 15) is 9.59 Å². The first-order valence-electron chi connectivity index (χ1n) is 6.66. The summed E-state index contributed by atoms with van der Waals surface area (Å²) in [4.78, 5) is 23.6. The fourth-order valence-electron chi connectivity index (χ4n) is 1.73. The molecule has 1 aromatic carbocycles. The number of nitrogens with two attached hydrogens (primary N) is 1. The first-order valence-corrected chi connectivity index (χ1v) is 6.66. The molecular weight excluding hydrogens is 256 g/mol. The van der Waals surface area contributed by atoms with E-state index < -0.39 is 12.0 Å². The molecule has 0 fully saturated rings. The lowest BCUT2D eigenvalue weighted by atomic mass is 9.99. The number of ether oxygens (including phenoxy) is 1. The van der Waals surface area contributed by atoms with Gasteiger partial charge in [0.2, 0.25) is 5.91 Å². The van der Waals surface area contributed by atoms with Crippen LogP contribution < -0.4 is 11.1 Å². The Hall–Kier alpha value is -1.88. The molecule has 5 heteroatoms. The molecule has 110 valence electrons. The van der Waals surface area contributed by atoms with Crippen molar-refractivity contribution in [2.24, 2.45) is 11.7 Å². The van der Waals surface area contributed by atoms with Crippen LogP contribution in [0.5, 0.6) is 0 Å². The van der Waals surface area contributed by atoms with Crippen molar-refractivity contribution in [2.45, 2.75) is 33.2 Å². The molecule has 2 unspecified atom stereocenters. The molecule has 2 atom stereocenters. The van der Waals surface area contributed by atoms with Crippen molar-refractivity contribution in [3.05, 3.63) is 29.3 Å². The number of rotatable bonds is 5. The molecule has 0 saturated carbocycles. The quantitative estimate of drug-likeness (QED) is 0.808. The number of amides is 1. The van der Waals surface area contributed by atoms with Crippen molar-refractivity contribution in [2.75, 3.05) is 12.4 Å². The van der Waals surface area contributed by atoms with Crippen molar-refractivity contribution >= 4 is 17.6 Å². The van der Waals surface area contributed by atoms with Crippen molar-refractivity contribution in [3.63, 3.8) is 0 Å². The highest BCUT2D eigenvalue weighted by Crippen LogP contribution is 2.18. The van der Waals surface area contributed by atoms with E-state index in [0.29, 0.717) is 11.3 Å². The molecular formula is C15H22N2O3. The van der Waals surface area contributed by atoms with E-state index in [1.54, 1.807) is 18.2 Å². The van der Waals surface area contributed by atoms with Gasteiger partial charge in [0, 0.05) is 5.69 Å². The Morgan fingerprint density at radius 2 is 2.05 bits per heavy atom. The molecule has 0 saturated heterocycles. The maximum atomic E-state index is 12.1. The van der Waals surface area contributed by atoms with E-state index in [4.69, 9.17) is 5.73 Å². The van der Waals surface area contributed by atoms with Gasteiger partial charge in [-0.15, -0.1) is 0 Å². The molecule has 1 rings (SSSR count). The number of benzene rings is 1. The molecule has 3 N–H and O–H groups in total. The van der Waals surface area contributed by atoms with Crippen LogP contribution in [0.25, 0.3) is 0 Å². The van der Waals surface area contributed by atoms with Gasteiger partial charge in [0.1, 0.15) is 0 Å². The van der Waals surface area contributed by atoms with E-state index in [-0.39, 0.29) is 11.8 Å². The van der Waals surface area contributed by atoms with Crippen LogP contribution in [0.4, 0.5) is 5.69 Å². The summed E-state index contributed by atoms with van der Waals surface area (Å²) in [7, 11) is 1.32. The first kappa shape index (κ1) is 16.2. The Bertz CT molecular complexity index is 500. The van der Waals surface area contributed by atoms with Crippen LogP contribution in [0.15, 0.2) is 18.2 Å². The Labute approximate surface area is 119 Å². The Kier molecular flexibility index (Phi) is 5.70. The van der Waals surface area contributed by atoms with Crippen molar-refractivity contribution in [3.8, 4) is 0 Å². The Morgan fingerprint density at radius 3 is 2.60 bits per heavy atom. The number of carbonyl (C=O) groups excluding carboxylic acids is 2. The van der Waals surface area contributed by atoms with E-state index in [1.807, 2.05) is 20.8 Å². The molecule has 20 heavy (non-hydrogen) atoms. The average Bonchev–Trinajstić information content (AvgIpc) is 2.46. The van der Waals surface area contributed by atoms with Gasteiger partial charge >= 0.3 is 5.97 Å². The molecule has 5 nitrogen and oxygen atoms in total. The fourth-order valence-corrected chi connectivity index (χ4v) is 1.73. The fraction of sp³-hybridized carbons (Fsp3) is 0.467. The topological polar surface area (TPSA) is 81.4 Å². The zero-order valence-electron chi connectivity index (χ0n) is 12.4. The number of nitrogens with one attached hydrogen (secondary N) is 1. The van der Waals surface area contributed by atoms with Crippen LogP contribution >= 0.6 is 0 Å². The maximum absolute atomic E-state index is 12.1. The second-order valence-electron chi connectivity index (χ2n) is 4.92. The van der Waals surface area contributed by atoms with Crippen LogP contribution in [-0.2, 0) is 9.53 Å². The number of esters is 1. The summed E-state index contributed by atoms with van der Waals surface area (Å²) in [6.45, 7) is 5.77. The van der Waals surface area contributed by atoms with Crippen molar-refractivity contribution < 1.29 is 14.3 Å². The second kappa shape index (κ2) is 7.05. The third-order valence-electron chi connectivity index (χ3n) is 3.48. The molecule has 0 aliphatic rings. The van der Waals surface area contributed by atoms with Crippen LogP contribution in [0.1, 0.15) is 36.2 Å². The summed E-state index contributed by atoms with van der Waals surface area (Å²) in [6.07, 6.45) is 0.829. The molecule has 0 heterocycles. The lowest BCUT2D eigenvalue weighted by Crippen LogP contribution is -2.40. The predicted molar refractivity (Wildman–Crippen MR) is 78.6 cm³/mol. The lowest BCUT2D eigenvalue weighted by molar-refractivity contribution is -0.118. The van der Waals surface area contributed by atoms with Gasteiger partial charge in [-0.05, 0) is 30.5 Å². The minimum Gasteiger partial charge on any atom is -0.465 e. The smallest absolute Gasteiger partial charge is 0.337 e. The van der Waals surface area contributed by atoms with E-state index in [1.165, 1.54) is 7.11 Å². The lowest BCUT2D eigenvalue weighted by Gasteiger charge is -2.18. The predicted octanol–water partition coefficient (Wildman–Crippen LogP) is 2.09. The largest absolute Gasteiger partial charge is 0.465 e. The number of hydrogen-bond donors (Lipinski definition) is 2. The van der Waals surface area contributed by atoms with Crippen molar-refractivity contribution in [1.29, 1.82) is 0 Å². The normalized spacial score (nSPS) is 13.4. The number of aryl methyl sites for hydroxylation is 1. The zero-order valence-corrected chi connectivity index (χ0v) is 12.4. The Morgan fingerprint density at radius 1 is 1.40 bits per heavy atom.